The van der Waals surface area contributed by atoms with Crippen molar-refractivity contribution in [3.8, 4) is 0 Å². The Kier molecular flexibility index (Phi) is 5.25. The van der Waals surface area contributed by atoms with Crippen molar-refractivity contribution >= 4 is 28.7 Å². The molecule has 8 heteroatoms. The van der Waals surface area contributed by atoms with Crippen LogP contribution in [0.15, 0.2) is 67.0 Å². The van der Waals surface area contributed by atoms with Gasteiger partial charge in [-0.05, 0) is 41.3 Å². The van der Waals surface area contributed by atoms with Gasteiger partial charge in [-0.25, -0.2) is 9.78 Å². The monoisotopic (exact) mass is 426 g/mol. The molecule has 5 rings (SSSR count). The first-order valence-corrected chi connectivity index (χ1v) is 10.5. The predicted octanol–water partition coefficient (Wildman–Crippen LogP) is 3.48. The fourth-order valence-corrected chi connectivity index (χ4v) is 3.95. The molecule has 1 aliphatic rings. The smallest absolute Gasteiger partial charge is 0.322 e. The van der Waals surface area contributed by atoms with Gasteiger partial charge < -0.3 is 15.5 Å². The third-order valence-corrected chi connectivity index (χ3v) is 5.63. The Morgan fingerprint density at radius 1 is 1.06 bits per heavy atom. The molecule has 3 amide bonds. The summed E-state index contributed by atoms with van der Waals surface area (Å²) in [5.74, 6) is -0.188. The minimum atomic E-state index is -0.204. The summed E-state index contributed by atoms with van der Waals surface area (Å²) in [6.07, 6.45) is 4.32. The summed E-state index contributed by atoms with van der Waals surface area (Å²) in [5, 5.41) is 13.8. The number of rotatable bonds is 4. The van der Waals surface area contributed by atoms with Gasteiger partial charge in [-0.3, -0.25) is 9.89 Å². The number of carbonyl (C=O) groups excluding carboxylic acids is 2. The van der Waals surface area contributed by atoms with Gasteiger partial charge in [0, 0.05) is 42.5 Å². The number of pyridine rings is 1. The van der Waals surface area contributed by atoms with Crippen molar-refractivity contribution in [3.05, 3.63) is 89.2 Å². The van der Waals surface area contributed by atoms with Gasteiger partial charge >= 0.3 is 6.03 Å². The number of nitrogens with one attached hydrogen (secondary N) is 3. The van der Waals surface area contributed by atoms with Crippen LogP contribution in [0.3, 0.4) is 0 Å². The normalized spacial score (nSPS) is 12.9. The van der Waals surface area contributed by atoms with Crippen LogP contribution in [-0.2, 0) is 19.5 Å². The second-order valence-corrected chi connectivity index (χ2v) is 7.75. The Labute approximate surface area is 184 Å². The lowest BCUT2D eigenvalue weighted by atomic mass is 9.99. The molecule has 8 nitrogen and oxygen atoms in total. The van der Waals surface area contributed by atoms with E-state index < -0.39 is 0 Å². The van der Waals surface area contributed by atoms with Crippen LogP contribution in [0.5, 0.6) is 0 Å². The van der Waals surface area contributed by atoms with E-state index in [-0.39, 0.29) is 11.9 Å². The molecule has 0 radical (unpaired) electrons. The molecule has 0 spiro atoms. The van der Waals surface area contributed by atoms with Gasteiger partial charge in [0.15, 0.2) is 5.65 Å². The molecule has 3 heterocycles. The second kappa shape index (κ2) is 8.50. The molecule has 2 aromatic heterocycles. The SMILES string of the molecule is O=C(NCc1ccccc1)c1cccc(NC(=O)N2CCc3c(cnc4[nH]ncc34)C2)c1. The number of fused-ring (bicyclic) bond motifs is 3. The van der Waals surface area contributed by atoms with Crippen LogP contribution < -0.4 is 10.6 Å². The molecule has 0 fully saturated rings. The fourth-order valence-electron chi connectivity index (χ4n) is 3.95. The van der Waals surface area contributed by atoms with Gasteiger partial charge in [-0.15, -0.1) is 0 Å². The Balaban J connectivity index is 1.23. The highest BCUT2D eigenvalue weighted by Gasteiger charge is 2.23. The molecule has 2 aromatic carbocycles. The summed E-state index contributed by atoms with van der Waals surface area (Å²) in [7, 11) is 0. The maximum absolute atomic E-state index is 12.9. The zero-order chi connectivity index (χ0) is 21.9. The molecule has 3 N–H and O–H groups in total. The number of urea groups is 1. The van der Waals surface area contributed by atoms with E-state index in [1.165, 1.54) is 5.56 Å². The second-order valence-electron chi connectivity index (χ2n) is 7.75. The summed E-state index contributed by atoms with van der Waals surface area (Å²) in [4.78, 5) is 31.5. The van der Waals surface area contributed by atoms with Crippen molar-refractivity contribution in [1.29, 1.82) is 0 Å². The zero-order valence-corrected chi connectivity index (χ0v) is 17.3. The van der Waals surface area contributed by atoms with Crippen LogP contribution in [0, 0.1) is 0 Å². The lowest BCUT2D eigenvalue weighted by Crippen LogP contribution is -2.39. The van der Waals surface area contributed by atoms with Crippen LogP contribution in [0.4, 0.5) is 10.5 Å². The van der Waals surface area contributed by atoms with Gasteiger partial charge in [0.05, 0.1) is 6.20 Å². The van der Waals surface area contributed by atoms with Crippen LogP contribution in [-0.4, -0.2) is 38.6 Å². The highest BCUT2D eigenvalue weighted by atomic mass is 16.2. The van der Waals surface area contributed by atoms with Gasteiger partial charge in [0.1, 0.15) is 0 Å². The number of hydrogen-bond donors (Lipinski definition) is 3. The number of aromatic nitrogens is 3. The van der Waals surface area contributed by atoms with Gasteiger partial charge in [0.25, 0.3) is 5.91 Å². The van der Waals surface area contributed by atoms with Gasteiger partial charge in [-0.1, -0.05) is 36.4 Å². The summed E-state index contributed by atoms with van der Waals surface area (Å²) >= 11 is 0. The molecule has 0 saturated heterocycles. The number of aromatic amines is 1. The van der Waals surface area contributed by atoms with E-state index in [2.05, 4.69) is 25.8 Å². The maximum Gasteiger partial charge on any atom is 0.322 e. The van der Waals surface area contributed by atoms with Crippen LogP contribution >= 0.6 is 0 Å². The third-order valence-electron chi connectivity index (χ3n) is 5.63. The summed E-state index contributed by atoms with van der Waals surface area (Å²) in [6.45, 7) is 1.52. The predicted molar refractivity (Wildman–Crippen MR) is 121 cm³/mol. The highest BCUT2D eigenvalue weighted by molar-refractivity contribution is 5.97. The number of benzene rings is 2. The Morgan fingerprint density at radius 3 is 2.81 bits per heavy atom. The molecule has 0 bridgehead atoms. The van der Waals surface area contributed by atoms with E-state index in [0.717, 1.165) is 28.6 Å². The average molecular weight is 426 g/mol. The number of carbonyl (C=O) groups is 2. The van der Waals surface area contributed by atoms with Crippen molar-refractivity contribution in [1.82, 2.24) is 25.4 Å². The standard InChI is InChI=1S/C24H22N6O2/c31-23(26-12-16-5-2-1-3-6-16)17-7-4-8-19(11-17)28-24(32)30-10-9-20-18(15-30)13-25-22-21(20)14-27-29-22/h1-8,11,13-14H,9-10,12,15H2,(H,26,31)(H,28,32)(H,25,27,29). The largest absolute Gasteiger partial charge is 0.348 e. The van der Waals surface area contributed by atoms with E-state index >= 15 is 0 Å². The molecule has 32 heavy (non-hydrogen) atoms. The maximum atomic E-state index is 12.9. The highest BCUT2D eigenvalue weighted by Crippen LogP contribution is 2.25. The topological polar surface area (TPSA) is 103 Å². The summed E-state index contributed by atoms with van der Waals surface area (Å²) in [6, 6.07) is 16.5. The molecule has 0 unspecified atom stereocenters. The van der Waals surface area contributed by atoms with Crippen LogP contribution in [0.1, 0.15) is 27.0 Å². The van der Waals surface area contributed by atoms with Crippen LogP contribution in [0.2, 0.25) is 0 Å². The lowest BCUT2D eigenvalue weighted by molar-refractivity contribution is 0.0951. The molecular formula is C24H22N6O2. The Morgan fingerprint density at radius 2 is 1.94 bits per heavy atom. The van der Waals surface area contributed by atoms with Crippen molar-refractivity contribution < 1.29 is 9.59 Å². The summed E-state index contributed by atoms with van der Waals surface area (Å²) < 4.78 is 0. The molecule has 0 atom stereocenters. The Hall–Kier alpha value is -4.20. The molecular weight excluding hydrogens is 404 g/mol. The Bertz CT molecular complexity index is 1280. The number of hydrogen-bond acceptors (Lipinski definition) is 4. The molecule has 1 aliphatic heterocycles. The number of nitrogens with zero attached hydrogens (tertiary/aromatic N) is 3. The minimum Gasteiger partial charge on any atom is -0.348 e. The fraction of sp³-hybridized carbons (Fsp3) is 0.167. The molecule has 0 aliphatic carbocycles. The van der Waals surface area contributed by atoms with E-state index in [0.29, 0.717) is 30.9 Å². The average Bonchev–Trinajstić information content (AvgIpc) is 3.32. The first kappa shape index (κ1) is 19.7. The van der Waals surface area contributed by atoms with E-state index in [1.807, 2.05) is 30.3 Å². The molecule has 0 saturated carbocycles. The quantitative estimate of drug-likeness (QED) is 0.465. The van der Waals surface area contributed by atoms with Crippen molar-refractivity contribution in [2.45, 2.75) is 19.5 Å². The number of amides is 3. The number of anilines is 1. The molecule has 4 aromatic rings. The number of H-pyrrole nitrogens is 1. The van der Waals surface area contributed by atoms with Crippen molar-refractivity contribution in [3.63, 3.8) is 0 Å². The van der Waals surface area contributed by atoms with Gasteiger partial charge in [-0.2, -0.15) is 5.10 Å². The van der Waals surface area contributed by atoms with Crippen molar-refractivity contribution in [2.24, 2.45) is 0 Å². The zero-order valence-electron chi connectivity index (χ0n) is 17.3. The van der Waals surface area contributed by atoms with Crippen LogP contribution in [0.25, 0.3) is 11.0 Å². The van der Waals surface area contributed by atoms with E-state index in [4.69, 9.17) is 0 Å². The van der Waals surface area contributed by atoms with E-state index in [1.54, 1.807) is 41.6 Å². The third kappa shape index (κ3) is 4.02. The summed E-state index contributed by atoms with van der Waals surface area (Å²) in [5.41, 5.74) is 5.08. The lowest BCUT2D eigenvalue weighted by Gasteiger charge is -2.29. The first-order chi connectivity index (χ1) is 15.7. The van der Waals surface area contributed by atoms with Crippen molar-refractivity contribution in [2.75, 3.05) is 11.9 Å². The molecule has 160 valence electrons. The van der Waals surface area contributed by atoms with Gasteiger partial charge in [0.2, 0.25) is 0 Å². The van der Waals surface area contributed by atoms with E-state index in [9.17, 15) is 9.59 Å². The first-order valence-electron chi connectivity index (χ1n) is 10.5. The minimum absolute atomic E-state index is 0.188.